The first-order valence-corrected chi connectivity index (χ1v) is 7.38. The van der Waals surface area contributed by atoms with Crippen LogP contribution in [0.3, 0.4) is 0 Å². The number of thiazole rings is 1. The largest absolute Gasteiger partial charge is 0.378 e. The summed E-state index contributed by atoms with van der Waals surface area (Å²) >= 11 is 1.69. The van der Waals surface area contributed by atoms with Crippen molar-refractivity contribution in [2.45, 2.75) is 19.9 Å². The molecule has 0 saturated heterocycles. The van der Waals surface area contributed by atoms with Crippen LogP contribution in [0.2, 0.25) is 0 Å². The highest BCUT2D eigenvalue weighted by molar-refractivity contribution is 7.09. The molecule has 3 aromatic rings. The third-order valence-electron chi connectivity index (χ3n) is 3.26. The summed E-state index contributed by atoms with van der Waals surface area (Å²) in [6.07, 6.45) is 1.76. The lowest BCUT2D eigenvalue weighted by Gasteiger charge is -2.14. The molecule has 0 fully saturated rings. The van der Waals surface area contributed by atoms with Gasteiger partial charge in [-0.3, -0.25) is 5.10 Å². The zero-order valence-corrected chi connectivity index (χ0v) is 12.2. The quantitative estimate of drug-likeness (QED) is 0.761. The fourth-order valence-corrected chi connectivity index (χ4v) is 3.02. The standard InChI is InChI=1S/C15H16N4S/c1-10-15(20-9-16-10)11(2)18-13-5-3-12(4-6-13)14-7-8-17-19-14/h3-9,11,18H,1-2H3,(H,17,19). The van der Waals surface area contributed by atoms with Crippen molar-refractivity contribution in [3.63, 3.8) is 0 Å². The molecule has 3 rings (SSSR count). The van der Waals surface area contributed by atoms with Crippen LogP contribution in [0.25, 0.3) is 11.3 Å². The number of benzene rings is 1. The van der Waals surface area contributed by atoms with Gasteiger partial charge in [-0.1, -0.05) is 12.1 Å². The van der Waals surface area contributed by atoms with Crippen LogP contribution in [0, 0.1) is 6.92 Å². The van der Waals surface area contributed by atoms with Crippen molar-refractivity contribution in [2.75, 3.05) is 5.32 Å². The fourth-order valence-electron chi connectivity index (χ4n) is 2.20. The number of hydrogen-bond acceptors (Lipinski definition) is 4. The van der Waals surface area contributed by atoms with Gasteiger partial charge < -0.3 is 5.32 Å². The molecule has 20 heavy (non-hydrogen) atoms. The maximum atomic E-state index is 4.29. The Morgan fingerprint density at radius 3 is 2.60 bits per heavy atom. The average Bonchev–Trinajstić information content (AvgIpc) is 3.10. The van der Waals surface area contributed by atoms with Crippen LogP contribution in [0.4, 0.5) is 5.69 Å². The molecule has 1 atom stereocenters. The van der Waals surface area contributed by atoms with Gasteiger partial charge in [0.05, 0.1) is 22.9 Å². The van der Waals surface area contributed by atoms with Gasteiger partial charge in [0.1, 0.15) is 0 Å². The number of aromatic nitrogens is 3. The van der Waals surface area contributed by atoms with E-state index in [0.717, 1.165) is 22.6 Å². The first kappa shape index (κ1) is 12.9. The molecule has 4 nitrogen and oxygen atoms in total. The molecule has 0 bridgehead atoms. The van der Waals surface area contributed by atoms with E-state index in [-0.39, 0.29) is 6.04 Å². The molecule has 2 N–H and O–H groups in total. The molecular formula is C15H16N4S. The second kappa shape index (κ2) is 5.46. The van der Waals surface area contributed by atoms with Crippen molar-refractivity contribution in [2.24, 2.45) is 0 Å². The van der Waals surface area contributed by atoms with Crippen LogP contribution in [0.15, 0.2) is 42.0 Å². The Morgan fingerprint density at radius 2 is 2.00 bits per heavy atom. The number of nitrogens with one attached hydrogen (secondary N) is 2. The van der Waals surface area contributed by atoms with Gasteiger partial charge in [0.25, 0.3) is 0 Å². The second-order valence-electron chi connectivity index (χ2n) is 4.72. The van der Waals surface area contributed by atoms with Crippen molar-refractivity contribution >= 4 is 17.0 Å². The zero-order valence-electron chi connectivity index (χ0n) is 11.4. The number of aryl methyl sites for hydroxylation is 1. The van der Waals surface area contributed by atoms with Gasteiger partial charge in [-0.15, -0.1) is 11.3 Å². The fraction of sp³-hybridized carbons (Fsp3) is 0.200. The van der Waals surface area contributed by atoms with Gasteiger partial charge in [-0.05, 0) is 37.6 Å². The van der Waals surface area contributed by atoms with E-state index in [0.29, 0.717) is 0 Å². The smallest absolute Gasteiger partial charge is 0.0798 e. The van der Waals surface area contributed by atoms with Crippen molar-refractivity contribution in [3.8, 4) is 11.3 Å². The van der Waals surface area contributed by atoms with Gasteiger partial charge in [-0.2, -0.15) is 5.10 Å². The van der Waals surface area contributed by atoms with E-state index in [1.807, 2.05) is 18.5 Å². The maximum Gasteiger partial charge on any atom is 0.0798 e. The minimum absolute atomic E-state index is 0.264. The van der Waals surface area contributed by atoms with Crippen LogP contribution in [0.5, 0.6) is 0 Å². The van der Waals surface area contributed by atoms with Crippen LogP contribution < -0.4 is 5.32 Å². The molecule has 0 amide bonds. The van der Waals surface area contributed by atoms with Crippen molar-refractivity contribution in [3.05, 3.63) is 52.6 Å². The lowest BCUT2D eigenvalue weighted by atomic mass is 10.1. The van der Waals surface area contributed by atoms with Crippen molar-refractivity contribution < 1.29 is 0 Å². The monoisotopic (exact) mass is 284 g/mol. The SMILES string of the molecule is Cc1ncsc1C(C)Nc1ccc(-c2ccn[nH]2)cc1. The molecule has 102 valence electrons. The minimum Gasteiger partial charge on any atom is -0.378 e. The summed E-state index contributed by atoms with van der Waals surface area (Å²) in [4.78, 5) is 5.57. The van der Waals surface area contributed by atoms with Crippen LogP contribution in [-0.2, 0) is 0 Å². The van der Waals surface area contributed by atoms with E-state index in [1.54, 1.807) is 17.5 Å². The van der Waals surface area contributed by atoms with E-state index in [4.69, 9.17) is 0 Å². The van der Waals surface area contributed by atoms with E-state index in [9.17, 15) is 0 Å². The molecule has 0 saturated carbocycles. The zero-order chi connectivity index (χ0) is 13.9. The van der Waals surface area contributed by atoms with Crippen molar-refractivity contribution in [1.29, 1.82) is 0 Å². The van der Waals surface area contributed by atoms with E-state index in [1.165, 1.54) is 4.88 Å². The Hall–Kier alpha value is -2.14. The Balaban J connectivity index is 1.74. The molecule has 1 aromatic carbocycles. The molecule has 0 spiro atoms. The molecular weight excluding hydrogens is 268 g/mol. The molecule has 0 aliphatic heterocycles. The normalized spacial score (nSPS) is 12.3. The Kier molecular flexibility index (Phi) is 3.52. The highest BCUT2D eigenvalue weighted by atomic mass is 32.1. The molecule has 5 heteroatoms. The van der Waals surface area contributed by atoms with E-state index in [2.05, 4.69) is 51.7 Å². The van der Waals surface area contributed by atoms with Gasteiger partial charge in [0.15, 0.2) is 0 Å². The van der Waals surface area contributed by atoms with Gasteiger partial charge in [0, 0.05) is 16.8 Å². The third-order valence-corrected chi connectivity index (χ3v) is 4.37. The average molecular weight is 284 g/mol. The summed E-state index contributed by atoms with van der Waals surface area (Å²) in [5.41, 5.74) is 6.26. The topological polar surface area (TPSA) is 53.6 Å². The molecule has 0 aliphatic carbocycles. The predicted molar refractivity (Wildman–Crippen MR) is 82.9 cm³/mol. The summed E-state index contributed by atoms with van der Waals surface area (Å²) in [7, 11) is 0. The molecule has 1 unspecified atom stereocenters. The lowest BCUT2D eigenvalue weighted by Crippen LogP contribution is -2.06. The number of rotatable bonds is 4. The molecule has 0 aliphatic rings. The summed E-state index contributed by atoms with van der Waals surface area (Å²) in [6, 6.07) is 10.6. The summed E-state index contributed by atoms with van der Waals surface area (Å²) < 4.78 is 0. The number of nitrogens with zero attached hydrogens (tertiary/aromatic N) is 2. The maximum absolute atomic E-state index is 4.29. The van der Waals surface area contributed by atoms with E-state index >= 15 is 0 Å². The first-order chi connectivity index (χ1) is 9.74. The summed E-state index contributed by atoms with van der Waals surface area (Å²) in [5, 5.41) is 10.4. The van der Waals surface area contributed by atoms with Gasteiger partial charge in [0.2, 0.25) is 0 Å². The number of hydrogen-bond donors (Lipinski definition) is 2. The molecule has 2 aromatic heterocycles. The Morgan fingerprint density at radius 1 is 1.20 bits per heavy atom. The number of anilines is 1. The third kappa shape index (κ3) is 2.58. The molecule has 0 radical (unpaired) electrons. The van der Waals surface area contributed by atoms with Crippen LogP contribution in [0.1, 0.15) is 23.5 Å². The predicted octanol–water partition coefficient (Wildman–Crippen LogP) is 4.01. The Bertz CT molecular complexity index is 670. The number of H-pyrrole nitrogens is 1. The summed E-state index contributed by atoms with van der Waals surface area (Å²) in [6.45, 7) is 4.20. The molecule has 2 heterocycles. The Labute approximate surface area is 121 Å². The van der Waals surface area contributed by atoms with Gasteiger partial charge >= 0.3 is 0 Å². The lowest BCUT2D eigenvalue weighted by molar-refractivity contribution is 0.890. The van der Waals surface area contributed by atoms with Crippen LogP contribution >= 0.6 is 11.3 Å². The van der Waals surface area contributed by atoms with Crippen molar-refractivity contribution in [1.82, 2.24) is 15.2 Å². The number of aromatic amines is 1. The first-order valence-electron chi connectivity index (χ1n) is 6.50. The van der Waals surface area contributed by atoms with E-state index < -0.39 is 0 Å². The van der Waals surface area contributed by atoms with Gasteiger partial charge in [-0.25, -0.2) is 4.98 Å². The second-order valence-corrected chi connectivity index (χ2v) is 5.60. The highest BCUT2D eigenvalue weighted by Gasteiger charge is 2.10. The minimum atomic E-state index is 0.264. The highest BCUT2D eigenvalue weighted by Crippen LogP contribution is 2.26. The van der Waals surface area contributed by atoms with Crippen LogP contribution in [-0.4, -0.2) is 15.2 Å². The summed E-state index contributed by atoms with van der Waals surface area (Å²) in [5.74, 6) is 0.